The van der Waals surface area contributed by atoms with Gasteiger partial charge in [-0.1, -0.05) is 328 Å². The van der Waals surface area contributed by atoms with Gasteiger partial charge in [0, 0.05) is 19.3 Å². The molecule has 1 atom stereocenters. The fourth-order valence-electron chi connectivity index (χ4n) is 10.1. The van der Waals surface area contributed by atoms with Gasteiger partial charge in [-0.15, -0.1) is 0 Å². The molecule has 0 saturated carbocycles. The van der Waals surface area contributed by atoms with Crippen LogP contribution in [0.15, 0.2) is 12.2 Å². The molecule has 0 saturated heterocycles. The molecule has 0 bridgehead atoms. The Labute approximate surface area is 450 Å². The van der Waals surface area contributed by atoms with Crippen LogP contribution < -0.4 is 0 Å². The molecule has 0 amide bonds. The highest BCUT2D eigenvalue weighted by atomic mass is 16.6. The molecule has 0 N–H and O–H groups in total. The minimum Gasteiger partial charge on any atom is -0.462 e. The molecule has 0 aromatic rings. The molecular formula is C66H126O6. The molecule has 6 heteroatoms. The van der Waals surface area contributed by atoms with Crippen LogP contribution in [-0.4, -0.2) is 37.2 Å². The van der Waals surface area contributed by atoms with Crippen molar-refractivity contribution in [3.63, 3.8) is 0 Å². The number of carbonyl (C=O) groups is 3. The van der Waals surface area contributed by atoms with Gasteiger partial charge in [-0.2, -0.15) is 0 Å². The Kier molecular flexibility index (Phi) is 60.1. The van der Waals surface area contributed by atoms with Crippen molar-refractivity contribution in [2.45, 2.75) is 380 Å². The van der Waals surface area contributed by atoms with Gasteiger partial charge in [0.05, 0.1) is 0 Å². The second-order valence-corrected chi connectivity index (χ2v) is 22.4. The normalized spacial score (nSPS) is 12.0. The zero-order chi connectivity index (χ0) is 52.2. The number of hydrogen-bond acceptors (Lipinski definition) is 6. The summed E-state index contributed by atoms with van der Waals surface area (Å²) < 4.78 is 16.9. The number of carbonyl (C=O) groups excluding carboxylic acids is 3. The lowest BCUT2D eigenvalue weighted by Crippen LogP contribution is -2.30. The van der Waals surface area contributed by atoms with Gasteiger partial charge in [-0.3, -0.25) is 14.4 Å². The number of esters is 3. The van der Waals surface area contributed by atoms with E-state index >= 15 is 0 Å². The molecule has 0 spiro atoms. The first-order valence-electron chi connectivity index (χ1n) is 32.7. The lowest BCUT2D eigenvalue weighted by Gasteiger charge is -2.18. The van der Waals surface area contributed by atoms with E-state index < -0.39 is 6.10 Å². The van der Waals surface area contributed by atoms with Crippen LogP contribution in [0.25, 0.3) is 0 Å². The van der Waals surface area contributed by atoms with Crippen LogP contribution in [0.2, 0.25) is 0 Å². The van der Waals surface area contributed by atoms with E-state index in [-0.39, 0.29) is 31.1 Å². The monoisotopic (exact) mass is 1010 g/mol. The summed E-state index contributed by atoms with van der Waals surface area (Å²) in [7, 11) is 0. The van der Waals surface area contributed by atoms with Crippen molar-refractivity contribution in [2.75, 3.05) is 13.2 Å². The minimum absolute atomic E-state index is 0.0667. The van der Waals surface area contributed by atoms with E-state index in [0.29, 0.717) is 19.3 Å². The summed E-state index contributed by atoms with van der Waals surface area (Å²) in [5, 5.41) is 0. The van der Waals surface area contributed by atoms with E-state index in [1.165, 1.54) is 263 Å². The number of rotatable bonds is 61. The van der Waals surface area contributed by atoms with Gasteiger partial charge in [0.15, 0.2) is 6.10 Å². The SMILES string of the molecule is CCC/C=C\CCCCCCCC(=O)OCC(COC(=O)CCCCCCCCCCCCCCCCCCCCCCCCCCCCCCCCC)OC(=O)CCCCCCCCCCCCCCC. The maximum atomic E-state index is 12.8. The molecule has 0 aliphatic carbocycles. The van der Waals surface area contributed by atoms with Crippen LogP contribution in [-0.2, 0) is 28.6 Å². The van der Waals surface area contributed by atoms with E-state index in [2.05, 4.69) is 32.9 Å². The van der Waals surface area contributed by atoms with Crippen molar-refractivity contribution in [2.24, 2.45) is 0 Å². The molecule has 1 unspecified atom stereocenters. The second kappa shape index (κ2) is 61.7. The van der Waals surface area contributed by atoms with Gasteiger partial charge in [-0.05, 0) is 38.5 Å². The van der Waals surface area contributed by atoms with Crippen molar-refractivity contribution in [1.82, 2.24) is 0 Å². The molecule has 0 fully saturated rings. The highest BCUT2D eigenvalue weighted by Gasteiger charge is 2.19. The largest absolute Gasteiger partial charge is 0.462 e. The molecule has 0 rings (SSSR count). The Balaban J connectivity index is 3.99. The van der Waals surface area contributed by atoms with E-state index in [1.54, 1.807) is 0 Å². The molecule has 0 heterocycles. The predicted molar refractivity (Wildman–Crippen MR) is 312 cm³/mol. The first kappa shape index (κ1) is 70.1. The van der Waals surface area contributed by atoms with Crippen LogP contribution in [0.5, 0.6) is 0 Å². The Morgan fingerprint density at radius 3 is 0.750 bits per heavy atom. The third-order valence-corrected chi connectivity index (χ3v) is 15.0. The van der Waals surface area contributed by atoms with Crippen molar-refractivity contribution >= 4 is 17.9 Å². The van der Waals surface area contributed by atoms with Crippen LogP contribution >= 0.6 is 0 Å². The van der Waals surface area contributed by atoms with Crippen LogP contribution in [0, 0.1) is 0 Å². The molecule has 0 aromatic heterocycles. The quantitative estimate of drug-likeness (QED) is 0.0261. The van der Waals surface area contributed by atoms with Crippen molar-refractivity contribution in [1.29, 1.82) is 0 Å². The summed E-state index contributed by atoms with van der Waals surface area (Å²) in [6.07, 6.45) is 72.6. The molecule has 6 nitrogen and oxygen atoms in total. The van der Waals surface area contributed by atoms with Crippen LogP contribution in [0.4, 0.5) is 0 Å². The molecular weight excluding hydrogens is 889 g/mol. The lowest BCUT2D eigenvalue weighted by atomic mass is 10.0. The fraction of sp³-hybridized carbons (Fsp3) is 0.924. The summed E-state index contributed by atoms with van der Waals surface area (Å²) >= 11 is 0. The topological polar surface area (TPSA) is 78.9 Å². The lowest BCUT2D eigenvalue weighted by molar-refractivity contribution is -0.167. The first-order valence-corrected chi connectivity index (χ1v) is 32.7. The number of ether oxygens (including phenoxy) is 3. The third kappa shape index (κ3) is 59.0. The Hall–Kier alpha value is -1.85. The molecule has 0 aromatic carbocycles. The van der Waals surface area contributed by atoms with Gasteiger partial charge < -0.3 is 14.2 Å². The van der Waals surface area contributed by atoms with Gasteiger partial charge in [0.25, 0.3) is 0 Å². The van der Waals surface area contributed by atoms with Gasteiger partial charge in [-0.25, -0.2) is 0 Å². The molecule has 426 valence electrons. The summed E-state index contributed by atoms with van der Waals surface area (Å²) in [6.45, 7) is 6.63. The summed E-state index contributed by atoms with van der Waals surface area (Å²) in [5.41, 5.74) is 0. The molecule has 72 heavy (non-hydrogen) atoms. The Bertz CT molecular complexity index is 1120. The van der Waals surface area contributed by atoms with Crippen molar-refractivity contribution < 1.29 is 28.6 Å². The zero-order valence-electron chi connectivity index (χ0n) is 49.0. The van der Waals surface area contributed by atoms with Crippen LogP contribution in [0.3, 0.4) is 0 Å². The van der Waals surface area contributed by atoms with Gasteiger partial charge in [0.2, 0.25) is 0 Å². The average Bonchev–Trinajstić information content (AvgIpc) is 3.38. The number of unbranched alkanes of at least 4 members (excludes halogenated alkanes) is 48. The summed E-state index contributed by atoms with van der Waals surface area (Å²) in [6, 6.07) is 0. The maximum absolute atomic E-state index is 12.8. The third-order valence-electron chi connectivity index (χ3n) is 15.0. The second-order valence-electron chi connectivity index (χ2n) is 22.4. The van der Waals surface area contributed by atoms with E-state index in [4.69, 9.17) is 14.2 Å². The van der Waals surface area contributed by atoms with Gasteiger partial charge >= 0.3 is 17.9 Å². The zero-order valence-corrected chi connectivity index (χ0v) is 49.0. The minimum atomic E-state index is -0.767. The summed E-state index contributed by atoms with van der Waals surface area (Å²) in [4.78, 5) is 38.1. The van der Waals surface area contributed by atoms with Crippen molar-refractivity contribution in [3.05, 3.63) is 12.2 Å². The van der Waals surface area contributed by atoms with Gasteiger partial charge in [0.1, 0.15) is 13.2 Å². The van der Waals surface area contributed by atoms with E-state index in [9.17, 15) is 14.4 Å². The van der Waals surface area contributed by atoms with E-state index in [0.717, 1.165) is 70.6 Å². The molecule has 0 aliphatic rings. The molecule has 0 aliphatic heterocycles. The standard InChI is InChI=1S/C66H126O6/c1-4-7-10-13-16-19-22-24-25-26-27-28-29-30-31-32-33-34-35-36-37-38-39-40-41-43-44-47-50-53-56-59-65(68)71-62-63(61-70-64(67)58-55-52-49-46-21-18-15-12-9-6-3)72-66(69)60-57-54-51-48-45-42-23-20-17-14-11-8-5-2/h12,15,63H,4-11,13-14,16-62H2,1-3H3/b15-12-. The highest BCUT2D eigenvalue weighted by Crippen LogP contribution is 2.19. The maximum Gasteiger partial charge on any atom is 0.306 e. The van der Waals surface area contributed by atoms with Crippen molar-refractivity contribution in [3.8, 4) is 0 Å². The predicted octanol–water partition coefficient (Wildman–Crippen LogP) is 22.1. The molecule has 0 radical (unpaired) electrons. The first-order chi connectivity index (χ1) is 35.5. The van der Waals surface area contributed by atoms with Crippen LogP contribution in [0.1, 0.15) is 374 Å². The highest BCUT2D eigenvalue weighted by molar-refractivity contribution is 5.71. The average molecular weight is 1020 g/mol. The smallest absolute Gasteiger partial charge is 0.306 e. The number of hydrogen-bond donors (Lipinski definition) is 0. The Morgan fingerprint density at radius 2 is 0.486 bits per heavy atom. The fourth-order valence-corrected chi connectivity index (χ4v) is 10.1. The summed E-state index contributed by atoms with van der Waals surface area (Å²) in [5.74, 6) is -0.853. The number of allylic oxidation sites excluding steroid dienone is 2. The Morgan fingerprint density at radius 1 is 0.264 bits per heavy atom. The van der Waals surface area contributed by atoms with E-state index in [1.807, 2.05) is 0 Å².